The lowest BCUT2D eigenvalue weighted by atomic mass is 10.2. The fourth-order valence-electron chi connectivity index (χ4n) is 1.99. The molecule has 4 heteroatoms. The third kappa shape index (κ3) is 2.28. The summed E-state index contributed by atoms with van der Waals surface area (Å²) in [5.41, 5.74) is 8.12. The van der Waals surface area contributed by atoms with Gasteiger partial charge in [-0.3, -0.25) is 4.98 Å². The van der Waals surface area contributed by atoms with E-state index in [0.29, 0.717) is 22.0 Å². The van der Waals surface area contributed by atoms with E-state index in [9.17, 15) is 0 Å². The van der Waals surface area contributed by atoms with Gasteiger partial charge >= 0.3 is 0 Å². The molecule has 0 aliphatic heterocycles. The van der Waals surface area contributed by atoms with E-state index < -0.39 is 0 Å². The number of pyridine rings is 1. The van der Waals surface area contributed by atoms with Gasteiger partial charge in [-0.15, -0.1) is 0 Å². The van der Waals surface area contributed by atoms with Crippen molar-refractivity contribution in [2.45, 2.75) is 6.92 Å². The van der Waals surface area contributed by atoms with Crippen LogP contribution >= 0.6 is 11.6 Å². The number of benzene rings is 2. The van der Waals surface area contributed by atoms with Crippen LogP contribution in [0.5, 0.6) is 11.5 Å². The Bertz CT molecular complexity index is 769. The normalized spacial score (nSPS) is 10.7. The number of hydrogen-bond acceptors (Lipinski definition) is 3. The van der Waals surface area contributed by atoms with Gasteiger partial charge in [-0.25, -0.2) is 0 Å². The standard InChI is InChI=1S/C16H13ClN2O/c1-10-5-7-11(8-6-10)20-14-4-2-3-12-15(17)13(18)9-19-16(12)14/h2-9H,18H2,1H3. The molecule has 1 aromatic heterocycles. The molecule has 3 rings (SSSR count). The summed E-state index contributed by atoms with van der Waals surface area (Å²) in [4.78, 5) is 4.32. The van der Waals surface area contributed by atoms with Crippen molar-refractivity contribution in [3.63, 3.8) is 0 Å². The van der Waals surface area contributed by atoms with Gasteiger partial charge < -0.3 is 10.5 Å². The van der Waals surface area contributed by atoms with Crippen LogP contribution in [0.1, 0.15) is 5.56 Å². The number of aromatic nitrogens is 1. The monoisotopic (exact) mass is 284 g/mol. The molecule has 20 heavy (non-hydrogen) atoms. The summed E-state index contributed by atoms with van der Waals surface area (Å²) >= 11 is 6.20. The highest BCUT2D eigenvalue weighted by molar-refractivity contribution is 6.37. The highest BCUT2D eigenvalue weighted by Crippen LogP contribution is 2.34. The minimum absolute atomic E-state index is 0.464. The molecule has 0 amide bonds. The van der Waals surface area contributed by atoms with Crippen LogP contribution in [0.3, 0.4) is 0 Å². The Balaban J connectivity index is 2.08. The first-order valence-corrected chi connectivity index (χ1v) is 6.60. The summed E-state index contributed by atoms with van der Waals surface area (Å²) in [6.07, 6.45) is 1.55. The molecule has 0 atom stereocenters. The van der Waals surface area contributed by atoms with Crippen molar-refractivity contribution in [2.24, 2.45) is 0 Å². The second-order valence-electron chi connectivity index (χ2n) is 4.59. The minimum atomic E-state index is 0.464. The molecule has 2 aromatic carbocycles. The quantitative estimate of drug-likeness (QED) is 0.750. The van der Waals surface area contributed by atoms with Gasteiger partial charge in [0.25, 0.3) is 0 Å². The lowest BCUT2D eigenvalue weighted by Crippen LogP contribution is -1.92. The van der Waals surface area contributed by atoms with Crippen molar-refractivity contribution in [2.75, 3.05) is 5.73 Å². The van der Waals surface area contributed by atoms with Gasteiger partial charge in [0.1, 0.15) is 11.3 Å². The largest absolute Gasteiger partial charge is 0.455 e. The second-order valence-corrected chi connectivity index (χ2v) is 4.97. The zero-order valence-electron chi connectivity index (χ0n) is 10.9. The fraction of sp³-hybridized carbons (Fsp3) is 0.0625. The Morgan fingerprint density at radius 3 is 2.60 bits per heavy atom. The number of aryl methyl sites for hydroxylation is 1. The van der Waals surface area contributed by atoms with Crippen molar-refractivity contribution in [3.8, 4) is 11.5 Å². The molecule has 1 heterocycles. The second kappa shape index (κ2) is 5.02. The Labute approximate surface area is 122 Å². The predicted octanol–water partition coefficient (Wildman–Crippen LogP) is 4.57. The summed E-state index contributed by atoms with van der Waals surface area (Å²) < 4.78 is 5.88. The van der Waals surface area contributed by atoms with E-state index in [0.717, 1.165) is 11.1 Å². The van der Waals surface area contributed by atoms with Gasteiger partial charge in [0, 0.05) is 5.39 Å². The predicted molar refractivity (Wildman–Crippen MR) is 82.4 cm³/mol. The average molecular weight is 285 g/mol. The lowest BCUT2D eigenvalue weighted by Gasteiger charge is -2.10. The van der Waals surface area contributed by atoms with Crippen LogP contribution in [0.25, 0.3) is 10.9 Å². The molecule has 0 saturated carbocycles. The van der Waals surface area contributed by atoms with E-state index in [-0.39, 0.29) is 0 Å². The number of ether oxygens (including phenoxy) is 1. The van der Waals surface area contributed by atoms with Gasteiger partial charge in [0.15, 0.2) is 5.75 Å². The van der Waals surface area contributed by atoms with Crippen LogP contribution in [0.15, 0.2) is 48.7 Å². The molecular weight excluding hydrogens is 272 g/mol. The van der Waals surface area contributed by atoms with Gasteiger partial charge in [-0.05, 0) is 25.1 Å². The number of hydrogen-bond donors (Lipinski definition) is 1. The summed E-state index contributed by atoms with van der Waals surface area (Å²) in [5.74, 6) is 1.42. The third-order valence-corrected chi connectivity index (χ3v) is 3.49. The zero-order chi connectivity index (χ0) is 14.1. The number of nitrogens with zero attached hydrogens (tertiary/aromatic N) is 1. The molecule has 0 unspecified atom stereocenters. The van der Waals surface area contributed by atoms with E-state index in [1.165, 1.54) is 5.56 Å². The summed E-state index contributed by atoms with van der Waals surface area (Å²) in [7, 11) is 0. The molecule has 2 N–H and O–H groups in total. The van der Waals surface area contributed by atoms with Crippen molar-refractivity contribution < 1.29 is 4.74 Å². The van der Waals surface area contributed by atoms with Crippen LogP contribution in [-0.2, 0) is 0 Å². The van der Waals surface area contributed by atoms with E-state index in [4.69, 9.17) is 22.1 Å². The molecule has 100 valence electrons. The molecule has 0 spiro atoms. The minimum Gasteiger partial charge on any atom is -0.455 e. The number of nitrogen functional groups attached to an aromatic ring is 1. The molecule has 0 bridgehead atoms. The smallest absolute Gasteiger partial charge is 0.153 e. The molecular formula is C16H13ClN2O. The number of nitrogens with two attached hydrogens (primary N) is 1. The summed E-state index contributed by atoms with van der Waals surface area (Å²) in [5, 5.41) is 1.29. The Morgan fingerprint density at radius 1 is 1.10 bits per heavy atom. The first kappa shape index (κ1) is 12.8. The van der Waals surface area contributed by atoms with Gasteiger partial charge in [-0.2, -0.15) is 0 Å². The van der Waals surface area contributed by atoms with Gasteiger partial charge in [0.2, 0.25) is 0 Å². The number of rotatable bonds is 2. The highest BCUT2D eigenvalue weighted by Gasteiger charge is 2.09. The molecule has 0 aliphatic rings. The van der Waals surface area contributed by atoms with E-state index in [2.05, 4.69) is 4.98 Å². The zero-order valence-corrected chi connectivity index (χ0v) is 11.7. The summed E-state index contributed by atoms with van der Waals surface area (Å²) in [6.45, 7) is 2.03. The first-order chi connectivity index (χ1) is 9.65. The topological polar surface area (TPSA) is 48.1 Å². The highest BCUT2D eigenvalue weighted by atomic mass is 35.5. The van der Waals surface area contributed by atoms with Gasteiger partial charge in [0.05, 0.1) is 16.9 Å². The average Bonchev–Trinajstić information content (AvgIpc) is 2.46. The van der Waals surface area contributed by atoms with Crippen molar-refractivity contribution in [1.82, 2.24) is 4.98 Å². The fourth-order valence-corrected chi connectivity index (χ4v) is 2.20. The molecule has 3 nitrogen and oxygen atoms in total. The van der Waals surface area contributed by atoms with E-state index >= 15 is 0 Å². The first-order valence-electron chi connectivity index (χ1n) is 6.22. The Morgan fingerprint density at radius 2 is 1.85 bits per heavy atom. The van der Waals surface area contributed by atoms with Crippen molar-refractivity contribution >= 4 is 28.2 Å². The third-order valence-electron chi connectivity index (χ3n) is 3.07. The summed E-state index contributed by atoms with van der Waals surface area (Å²) in [6, 6.07) is 13.5. The maximum atomic E-state index is 6.20. The van der Waals surface area contributed by atoms with Crippen LogP contribution in [0.4, 0.5) is 5.69 Å². The molecule has 0 fully saturated rings. The van der Waals surface area contributed by atoms with E-state index in [1.54, 1.807) is 6.20 Å². The van der Waals surface area contributed by atoms with Gasteiger partial charge in [-0.1, -0.05) is 41.4 Å². The SMILES string of the molecule is Cc1ccc(Oc2cccc3c(Cl)c(N)cnc23)cc1. The molecule has 0 radical (unpaired) electrons. The Kier molecular flexibility index (Phi) is 3.20. The number of halogens is 1. The molecule has 0 aliphatic carbocycles. The van der Waals surface area contributed by atoms with Crippen LogP contribution in [-0.4, -0.2) is 4.98 Å². The number of fused-ring (bicyclic) bond motifs is 1. The number of para-hydroxylation sites is 1. The molecule has 3 aromatic rings. The van der Waals surface area contributed by atoms with Crippen LogP contribution in [0.2, 0.25) is 5.02 Å². The maximum Gasteiger partial charge on any atom is 0.153 e. The van der Waals surface area contributed by atoms with E-state index in [1.807, 2.05) is 49.4 Å². The van der Waals surface area contributed by atoms with Crippen LogP contribution < -0.4 is 10.5 Å². The lowest BCUT2D eigenvalue weighted by molar-refractivity contribution is 0.487. The number of anilines is 1. The van der Waals surface area contributed by atoms with Crippen molar-refractivity contribution in [1.29, 1.82) is 0 Å². The molecule has 0 saturated heterocycles. The van der Waals surface area contributed by atoms with Crippen LogP contribution in [0, 0.1) is 6.92 Å². The Hall–Kier alpha value is -2.26. The maximum absolute atomic E-state index is 6.20. The van der Waals surface area contributed by atoms with Crippen molar-refractivity contribution in [3.05, 3.63) is 59.2 Å².